The second-order valence-corrected chi connectivity index (χ2v) is 7.33. The first kappa shape index (κ1) is 19.6. The van der Waals surface area contributed by atoms with Crippen molar-refractivity contribution in [1.29, 1.82) is 0 Å². The van der Waals surface area contributed by atoms with Gasteiger partial charge in [-0.1, -0.05) is 18.2 Å². The maximum Gasteiger partial charge on any atom is 0.338 e. The average Bonchev–Trinajstić information content (AvgIpc) is 3.36. The fourth-order valence-corrected chi connectivity index (χ4v) is 3.34. The van der Waals surface area contributed by atoms with Gasteiger partial charge in [-0.15, -0.1) is 0 Å². The molecule has 1 unspecified atom stereocenters. The molecular weight excluding hydrogens is 406 g/mol. The van der Waals surface area contributed by atoms with Gasteiger partial charge in [-0.05, 0) is 54.6 Å². The number of aromatic nitrogens is 2. The molecule has 1 N–H and O–H groups in total. The number of ether oxygens (including phenoxy) is 1. The van der Waals surface area contributed by atoms with Crippen molar-refractivity contribution in [3.63, 3.8) is 0 Å². The molecule has 9 heteroatoms. The number of imide groups is 1. The predicted octanol–water partition coefficient (Wildman–Crippen LogP) is 3.98. The maximum absolute atomic E-state index is 12.4. The Morgan fingerprint density at radius 1 is 1.20 bits per heavy atom. The van der Waals surface area contributed by atoms with Crippen molar-refractivity contribution in [2.24, 2.45) is 0 Å². The van der Waals surface area contributed by atoms with E-state index in [1.165, 1.54) is 6.26 Å². The first-order valence-electron chi connectivity index (χ1n) is 8.92. The lowest BCUT2D eigenvalue weighted by atomic mass is 10.1. The zero-order valence-corrected chi connectivity index (χ0v) is 16.5. The summed E-state index contributed by atoms with van der Waals surface area (Å²) in [6.45, 7) is 1.70. The van der Waals surface area contributed by atoms with Gasteiger partial charge in [-0.2, -0.15) is 0 Å². The first-order valence-corrected chi connectivity index (χ1v) is 9.74. The Hall–Kier alpha value is -3.72. The molecule has 1 aromatic carbocycles. The summed E-state index contributed by atoms with van der Waals surface area (Å²) >= 11 is 0.835. The van der Waals surface area contributed by atoms with Crippen LogP contribution in [0.15, 0.2) is 64.2 Å². The van der Waals surface area contributed by atoms with Crippen LogP contribution in [0, 0.1) is 0 Å². The van der Waals surface area contributed by atoms with Crippen molar-refractivity contribution >= 4 is 35.0 Å². The highest BCUT2D eigenvalue weighted by atomic mass is 32.2. The Labute approximate surface area is 175 Å². The molecule has 1 aliphatic rings. The van der Waals surface area contributed by atoms with E-state index < -0.39 is 23.2 Å². The van der Waals surface area contributed by atoms with Crippen molar-refractivity contribution in [3.05, 3.63) is 76.7 Å². The number of hydrogen-bond acceptors (Lipinski definition) is 8. The molecule has 1 aliphatic heterocycles. The zero-order valence-electron chi connectivity index (χ0n) is 15.7. The highest BCUT2D eigenvalue weighted by Crippen LogP contribution is 2.26. The average molecular weight is 421 g/mol. The Bertz CT molecular complexity index is 1140. The minimum absolute atomic E-state index is 0.304. The summed E-state index contributed by atoms with van der Waals surface area (Å²) < 4.78 is 10.9. The fourth-order valence-electron chi connectivity index (χ4n) is 2.66. The zero-order chi connectivity index (χ0) is 21.1. The topological polar surface area (TPSA) is 111 Å². The summed E-state index contributed by atoms with van der Waals surface area (Å²) in [4.78, 5) is 44.1. The van der Waals surface area contributed by atoms with Gasteiger partial charge in [0.15, 0.2) is 0 Å². The van der Waals surface area contributed by atoms with E-state index >= 15 is 0 Å². The summed E-state index contributed by atoms with van der Waals surface area (Å²) in [7, 11) is 0. The lowest BCUT2D eigenvalue weighted by Gasteiger charge is -2.10. The molecular formula is C21H15N3O5S. The van der Waals surface area contributed by atoms with Crippen LogP contribution in [0.3, 0.4) is 0 Å². The molecule has 0 radical (unpaired) electrons. The largest absolute Gasteiger partial charge is 0.452 e. The van der Waals surface area contributed by atoms with E-state index in [9.17, 15) is 14.4 Å². The number of amides is 2. The summed E-state index contributed by atoms with van der Waals surface area (Å²) in [6.07, 6.45) is 4.03. The maximum atomic E-state index is 12.4. The third-order valence-corrected chi connectivity index (χ3v) is 5.00. The van der Waals surface area contributed by atoms with Crippen LogP contribution in [0.25, 0.3) is 17.7 Å². The van der Waals surface area contributed by atoms with Crippen LogP contribution in [-0.2, 0) is 9.53 Å². The molecule has 2 amide bonds. The van der Waals surface area contributed by atoms with Crippen LogP contribution >= 0.6 is 11.8 Å². The summed E-state index contributed by atoms with van der Waals surface area (Å²) in [5.74, 6) is -0.606. The molecule has 0 aliphatic carbocycles. The highest BCUT2D eigenvalue weighted by molar-refractivity contribution is 8.18. The number of nitrogens with zero attached hydrogens (tertiary/aromatic N) is 2. The molecule has 30 heavy (non-hydrogen) atoms. The standard InChI is InChI=1S/C21H15N3O5S/c1-12(16-11-28-19(23-16)15-4-2-3-9-22-15)29-20(26)14-7-5-13(6-8-14)10-17-18(25)24-21(27)30-17/h2-12H,1H3,(H,24,25,27)/b17-10-. The number of esters is 1. The lowest BCUT2D eigenvalue weighted by molar-refractivity contribution is -0.115. The SMILES string of the molecule is CC(OC(=O)c1ccc(/C=C2\SC(=O)NC2=O)cc1)c1coc(-c2ccccn2)n1. The van der Waals surface area contributed by atoms with Gasteiger partial charge in [0.25, 0.3) is 11.1 Å². The molecule has 150 valence electrons. The van der Waals surface area contributed by atoms with Crippen molar-refractivity contribution in [1.82, 2.24) is 15.3 Å². The van der Waals surface area contributed by atoms with Crippen molar-refractivity contribution in [2.75, 3.05) is 0 Å². The molecule has 0 spiro atoms. The van der Waals surface area contributed by atoms with Gasteiger partial charge in [0, 0.05) is 6.20 Å². The number of thioether (sulfide) groups is 1. The molecule has 2 aromatic heterocycles. The van der Waals surface area contributed by atoms with Crippen molar-refractivity contribution < 1.29 is 23.5 Å². The van der Waals surface area contributed by atoms with E-state index in [1.54, 1.807) is 55.6 Å². The summed E-state index contributed by atoms with van der Waals surface area (Å²) in [5, 5.41) is 1.79. The Morgan fingerprint density at radius 3 is 2.67 bits per heavy atom. The summed E-state index contributed by atoms with van der Waals surface area (Å²) in [5.41, 5.74) is 2.09. The Morgan fingerprint density at radius 2 is 2.00 bits per heavy atom. The second kappa shape index (κ2) is 8.34. The van der Waals surface area contributed by atoms with Crippen LogP contribution in [-0.4, -0.2) is 27.1 Å². The molecule has 1 atom stereocenters. The molecule has 3 aromatic rings. The number of benzene rings is 1. The van der Waals surface area contributed by atoms with Gasteiger partial charge >= 0.3 is 5.97 Å². The molecule has 1 fully saturated rings. The van der Waals surface area contributed by atoms with Gasteiger partial charge in [-0.3, -0.25) is 19.9 Å². The van der Waals surface area contributed by atoms with Gasteiger partial charge in [0.2, 0.25) is 5.89 Å². The fraction of sp³-hybridized carbons (Fsp3) is 0.0952. The molecule has 3 heterocycles. The van der Waals surface area contributed by atoms with Crippen LogP contribution in [0.2, 0.25) is 0 Å². The molecule has 8 nitrogen and oxygen atoms in total. The third kappa shape index (κ3) is 4.31. The minimum atomic E-state index is -0.620. The number of oxazole rings is 1. The van der Waals surface area contributed by atoms with E-state index in [0.29, 0.717) is 33.3 Å². The summed E-state index contributed by atoms with van der Waals surface area (Å²) in [6, 6.07) is 11.9. The second-order valence-electron chi connectivity index (χ2n) is 6.31. The van der Waals surface area contributed by atoms with Gasteiger partial charge in [-0.25, -0.2) is 9.78 Å². The predicted molar refractivity (Wildman–Crippen MR) is 109 cm³/mol. The number of carbonyl (C=O) groups is 3. The number of nitrogens with one attached hydrogen (secondary N) is 1. The van der Waals surface area contributed by atoms with E-state index in [1.807, 2.05) is 6.07 Å². The number of pyridine rings is 1. The number of carbonyl (C=O) groups excluding carboxylic acids is 3. The molecule has 1 saturated heterocycles. The van der Waals surface area contributed by atoms with Gasteiger partial charge in [0.1, 0.15) is 23.8 Å². The molecule has 0 bridgehead atoms. The van der Waals surface area contributed by atoms with Crippen LogP contribution in [0.4, 0.5) is 4.79 Å². The third-order valence-electron chi connectivity index (χ3n) is 4.19. The van der Waals surface area contributed by atoms with Crippen LogP contribution in [0.1, 0.15) is 34.6 Å². The lowest BCUT2D eigenvalue weighted by Crippen LogP contribution is -2.17. The minimum Gasteiger partial charge on any atom is -0.452 e. The number of rotatable bonds is 5. The first-order chi connectivity index (χ1) is 14.5. The normalized spacial score (nSPS) is 15.8. The van der Waals surface area contributed by atoms with E-state index in [-0.39, 0.29) is 0 Å². The number of hydrogen-bond donors (Lipinski definition) is 1. The quantitative estimate of drug-likeness (QED) is 0.486. The van der Waals surface area contributed by atoms with Crippen LogP contribution < -0.4 is 5.32 Å². The van der Waals surface area contributed by atoms with Crippen molar-refractivity contribution in [2.45, 2.75) is 13.0 Å². The van der Waals surface area contributed by atoms with Crippen LogP contribution in [0.5, 0.6) is 0 Å². The van der Waals surface area contributed by atoms with E-state index in [2.05, 4.69) is 15.3 Å². The Balaban J connectivity index is 1.41. The Kier molecular flexibility index (Phi) is 5.44. The highest BCUT2D eigenvalue weighted by Gasteiger charge is 2.25. The smallest absolute Gasteiger partial charge is 0.338 e. The molecule has 4 rings (SSSR count). The van der Waals surface area contributed by atoms with Crippen molar-refractivity contribution in [3.8, 4) is 11.6 Å². The van der Waals surface area contributed by atoms with E-state index in [4.69, 9.17) is 9.15 Å². The molecule has 0 saturated carbocycles. The van der Waals surface area contributed by atoms with E-state index in [0.717, 1.165) is 11.8 Å². The monoisotopic (exact) mass is 421 g/mol. The van der Waals surface area contributed by atoms with Gasteiger partial charge < -0.3 is 9.15 Å². The van der Waals surface area contributed by atoms with Gasteiger partial charge in [0.05, 0.1) is 10.5 Å².